The zero-order valence-corrected chi connectivity index (χ0v) is 17.3. The van der Waals surface area contributed by atoms with E-state index in [0.717, 1.165) is 11.8 Å². The van der Waals surface area contributed by atoms with E-state index in [4.69, 9.17) is 52.2 Å². The van der Waals surface area contributed by atoms with Crippen LogP contribution in [0.25, 0.3) is 11.4 Å². The molecular weight excluding hydrogens is 452 g/mol. The van der Waals surface area contributed by atoms with Gasteiger partial charge in [0.1, 0.15) is 0 Å². The molecule has 1 amide bonds. The molecule has 0 bridgehead atoms. The van der Waals surface area contributed by atoms with Gasteiger partial charge in [-0.15, -0.1) is 10.2 Å². The van der Waals surface area contributed by atoms with Gasteiger partial charge in [-0.2, -0.15) is 0 Å². The molecule has 0 fully saturated rings. The summed E-state index contributed by atoms with van der Waals surface area (Å²) in [5.41, 5.74) is 1.01. The number of amides is 1. The minimum atomic E-state index is -0.317. The molecule has 0 aliphatic heterocycles. The number of carbonyl (C=O) groups excluding carboxylic acids is 1. The van der Waals surface area contributed by atoms with E-state index in [1.165, 1.54) is 16.8 Å². The van der Waals surface area contributed by atoms with Crippen molar-refractivity contribution < 1.29 is 4.79 Å². The second-order valence-corrected chi connectivity index (χ2v) is 7.81. The Balaban J connectivity index is 1.68. The van der Waals surface area contributed by atoms with Crippen LogP contribution in [0.1, 0.15) is 0 Å². The lowest BCUT2D eigenvalue weighted by Crippen LogP contribution is -2.16. The lowest BCUT2D eigenvalue weighted by atomic mass is 10.2. The summed E-state index contributed by atoms with van der Waals surface area (Å²) in [5.74, 6) is 6.15. The molecule has 140 valence electrons. The van der Waals surface area contributed by atoms with Crippen LogP contribution in [0.15, 0.2) is 41.6 Å². The van der Waals surface area contributed by atoms with E-state index in [1.807, 2.05) is 6.07 Å². The Morgan fingerprint density at radius 3 is 2.48 bits per heavy atom. The summed E-state index contributed by atoms with van der Waals surface area (Å²) in [6, 6.07) is 10.1. The molecule has 0 radical (unpaired) electrons. The molecular formula is C16H11Cl4N5OS. The topological polar surface area (TPSA) is 85.8 Å². The van der Waals surface area contributed by atoms with Gasteiger partial charge in [0.05, 0.1) is 31.5 Å². The Hall–Kier alpha value is -1.64. The Morgan fingerprint density at radius 1 is 1.04 bits per heavy atom. The molecule has 0 saturated carbocycles. The van der Waals surface area contributed by atoms with Gasteiger partial charge < -0.3 is 11.2 Å². The first kappa shape index (κ1) is 20.1. The van der Waals surface area contributed by atoms with Gasteiger partial charge in [0.15, 0.2) is 5.82 Å². The number of hydrogen-bond acceptors (Lipinski definition) is 5. The van der Waals surface area contributed by atoms with Gasteiger partial charge in [0.25, 0.3) is 0 Å². The Morgan fingerprint density at radius 2 is 1.74 bits per heavy atom. The number of halogens is 4. The molecule has 0 aliphatic rings. The molecule has 1 heterocycles. The molecule has 6 nitrogen and oxygen atoms in total. The molecule has 27 heavy (non-hydrogen) atoms. The first-order valence-electron chi connectivity index (χ1n) is 7.39. The summed E-state index contributed by atoms with van der Waals surface area (Å²) in [6.45, 7) is 0. The van der Waals surface area contributed by atoms with E-state index in [9.17, 15) is 4.79 Å². The molecule has 0 atom stereocenters. The van der Waals surface area contributed by atoms with Crippen LogP contribution in [0.3, 0.4) is 0 Å². The Labute approximate surface area is 178 Å². The number of hydrogen-bond donors (Lipinski definition) is 2. The van der Waals surface area contributed by atoms with Crippen molar-refractivity contribution in [2.24, 2.45) is 0 Å². The van der Waals surface area contributed by atoms with Gasteiger partial charge in [0.2, 0.25) is 11.1 Å². The lowest BCUT2D eigenvalue weighted by Gasteiger charge is -2.08. The van der Waals surface area contributed by atoms with E-state index in [1.54, 1.807) is 18.2 Å². The molecule has 3 aromatic rings. The van der Waals surface area contributed by atoms with Gasteiger partial charge >= 0.3 is 0 Å². The fourth-order valence-electron chi connectivity index (χ4n) is 2.14. The zero-order chi connectivity index (χ0) is 19.6. The van der Waals surface area contributed by atoms with Gasteiger partial charge in [-0.1, -0.05) is 70.3 Å². The number of carbonyl (C=O) groups is 1. The molecule has 1 aromatic heterocycles. The summed E-state index contributed by atoms with van der Waals surface area (Å²) in [7, 11) is 0. The maximum atomic E-state index is 12.2. The smallest absolute Gasteiger partial charge is 0.234 e. The normalized spacial score (nSPS) is 10.8. The van der Waals surface area contributed by atoms with Crippen molar-refractivity contribution in [3.63, 3.8) is 0 Å². The van der Waals surface area contributed by atoms with E-state index >= 15 is 0 Å². The second kappa shape index (κ2) is 8.58. The van der Waals surface area contributed by atoms with Crippen molar-refractivity contribution >= 4 is 69.8 Å². The number of rotatable bonds is 5. The Bertz CT molecular complexity index is 1010. The van der Waals surface area contributed by atoms with Crippen molar-refractivity contribution in [2.45, 2.75) is 5.16 Å². The minimum absolute atomic E-state index is 0.0361. The van der Waals surface area contributed by atoms with Crippen LogP contribution in [0.5, 0.6) is 0 Å². The van der Waals surface area contributed by atoms with E-state index in [2.05, 4.69) is 15.5 Å². The molecule has 0 spiro atoms. The van der Waals surface area contributed by atoms with Crippen LogP contribution in [0.2, 0.25) is 20.1 Å². The van der Waals surface area contributed by atoms with Gasteiger partial charge in [-0.3, -0.25) is 4.79 Å². The standard InChI is InChI=1S/C16H11Cl4N5OS/c17-9-4-2-1-3-8(9)15-23-24-16(25(15)21)27-7-14(26)22-13-6-11(19)10(18)5-12(13)20/h1-6H,7,21H2,(H,22,26). The number of thioether (sulfide) groups is 1. The molecule has 2 aromatic carbocycles. The van der Waals surface area contributed by atoms with Gasteiger partial charge in [-0.25, -0.2) is 4.68 Å². The summed E-state index contributed by atoms with van der Waals surface area (Å²) < 4.78 is 1.28. The molecule has 3 rings (SSSR count). The number of nitrogen functional groups attached to an aromatic ring is 1. The number of anilines is 1. The van der Waals surface area contributed by atoms with Crippen LogP contribution >= 0.6 is 58.2 Å². The highest BCUT2D eigenvalue weighted by Crippen LogP contribution is 2.32. The quantitative estimate of drug-likeness (QED) is 0.316. The third-order valence-corrected chi connectivity index (χ3v) is 5.70. The highest BCUT2D eigenvalue weighted by Gasteiger charge is 2.16. The van der Waals surface area contributed by atoms with E-state index in [-0.39, 0.29) is 21.7 Å². The third kappa shape index (κ3) is 4.62. The van der Waals surface area contributed by atoms with Gasteiger partial charge in [-0.05, 0) is 24.3 Å². The fourth-order valence-corrected chi connectivity index (χ4v) is 3.61. The van der Waals surface area contributed by atoms with Crippen LogP contribution < -0.4 is 11.2 Å². The van der Waals surface area contributed by atoms with Crippen molar-refractivity contribution in [3.05, 3.63) is 56.5 Å². The average Bonchev–Trinajstić information content (AvgIpc) is 2.99. The van der Waals surface area contributed by atoms with E-state index < -0.39 is 0 Å². The summed E-state index contributed by atoms with van der Waals surface area (Å²) in [4.78, 5) is 12.2. The predicted molar refractivity (Wildman–Crippen MR) is 111 cm³/mol. The molecule has 0 unspecified atom stereocenters. The first-order valence-corrected chi connectivity index (χ1v) is 9.89. The highest BCUT2D eigenvalue weighted by atomic mass is 35.5. The molecule has 11 heteroatoms. The Kier molecular flexibility index (Phi) is 6.39. The summed E-state index contributed by atoms with van der Waals surface area (Å²) in [5, 5.41) is 12.4. The maximum absolute atomic E-state index is 12.2. The fraction of sp³-hybridized carbons (Fsp3) is 0.0625. The predicted octanol–water partition coefficient (Wildman–Crippen LogP) is 5.00. The monoisotopic (exact) mass is 461 g/mol. The number of aromatic nitrogens is 3. The van der Waals surface area contributed by atoms with E-state index in [0.29, 0.717) is 32.3 Å². The molecule has 3 N–H and O–H groups in total. The number of nitrogens with two attached hydrogens (primary N) is 1. The van der Waals surface area contributed by atoms with Crippen LogP contribution in [0, 0.1) is 0 Å². The zero-order valence-electron chi connectivity index (χ0n) is 13.4. The minimum Gasteiger partial charge on any atom is -0.335 e. The molecule has 0 saturated heterocycles. The van der Waals surface area contributed by atoms with Gasteiger partial charge in [0, 0.05) is 5.56 Å². The number of nitrogens with zero attached hydrogens (tertiary/aromatic N) is 3. The first-order chi connectivity index (χ1) is 12.9. The van der Waals surface area contributed by atoms with Crippen molar-refractivity contribution in [1.82, 2.24) is 14.9 Å². The third-order valence-electron chi connectivity index (χ3n) is 3.40. The van der Waals surface area contributed by atoms with Crippen molar-refractivity contribution in [2.75, 3.05) is 16.9 Å². The molecule has 0 aliphatic carbocycles. The maximum Gasteiger partial charge on any atom is 0.234 e. The number of benzene rings is 2. The highest BCUT2D eigenvalue weighted by molar-refractivity contribution is 7.99. The SMILES string of the molecule is Nn1c(SCC(=O)Nc2cc(Cl)c(Cl)cc2Cl)nnc1-c1ccccc1Cl. The average molecular weight is 463 g/mol. The largest absolute Gasteiger partial charge is 0.335 e. The van der Waals surface area contributed by atoms with Crippen LogP contribution in [-0.4, -0.2) is 26.5 Å². The second-order valence-electron chi connectivity index (χ2n) is 5.24. The van der Waals surface area contributed by atoms with Crippen LogP contribution in [0.4, 0.5) is 5.69 Å². The van der Waals surface area contributed by atoms with Crippen molar-refractivity contribution in [3.8, 4) is 11.4 Å². The summed E-state index contributed by atoms with van der Waals surface area (Å²) >= 11 is 25.1. The van der Waals surface area contributed by atoms with Crippen LogP contribution in [-0.2, 0) is 4.79 Å². The number of nitrogens with one attached hydrogen (secondary N) is 1. The summed E-state index contributed by atoms with van der Waals surface area (Å²) in [6.07, 6.45) is 0. The van der Waals surface area contributed by atoms with Crippen molar-refractivity contribution in [1.29, 1.82) is 0 Å². The lowest BCUT2D eigenvalue weighted by molar-refractivity contribution is -0.113.